The average molecular weight is 510 g/mol. The number of amides is 1. The first-order valence-corrected chi connectivity index (χ1v) is 14.3. The third kappa shape index (κ3) is 4.10. The maximum absolute atomic E-state index is 14.9. The normalized spacial score (nSPS) is 23.0. The highest BCUT2D eigenvalue weighted by atomic mass is 32.2. The molecule has 1 saturated heterocycles. The molecule has 6 rings (SSSR count). The second-order valence-electron chi connectivity index (χ2n) is 11.4. The second kappa shape index (κ2) is 8.98. The maximum Gasteiger partial charge on any atom is 0.239 e. The highest BCUT2D eigenvalue weighted by Gasteiger charge is 2.61. The number of hydrogen-bond donors (Lipinski definition) is 1. The van der Waals surface area contributed by atoms with E-state index in [1.807, 2.05) is 24.9 Å². The summed E-state index contributed by atoms with van der Waals surface area (Å²) in [7, 11) is 0. The van der Waals surface area contributed by atoms with Gasteiger partial charge in [-0.25, -0.2) is 13.7 Å². The molecule has 0 radical (unpaired) electrons. The third-order valence-corrected chi connectivity index (χ3v) is 9.94. The molecule has 1 N–H and O–H groups in total. The first-order chi connectivity index (χ1) is 17.3. The highest BCUT2D eigenvalue weighted by Crippen LogP contribution is 2.58. The van der Waals surface area contributed by atoms with Gasteiger partial charge in [0, 0.05) is 41.5 Å². The lowest BCUT2D eigenvalue weighted by atomic mass is 9.84. The van der Waals surface area contributed by atoms with Crippen molar-refractivity contribution in [2.24, 2.45) is 5.92 Å². The first kappa shape index (κ1) is 24.2. The molecule has 192 valence electrons. The van der Waals surface area contributed by atoms with Crippen LogP contribution >= 0.6 is 11.9 Å². The summed E-state index contributed by atoms with van der Waals surface area (Å²) in [6.07, 6.45) is 9.37. The molecule has 2 aliphatic carbocycles. The number of alkyl halides is 1. The molecular weight excluding hydrogens is 473 g/mol. The number of benzene rings is 1. The summed E-state index contributed by atoms with van der Waals surface area (Å²) in [4.78, 5) is 26.0. The van der Waals surface area contributed by atoms with Crippen LogP contribution in [0.3, 0.4) is 0 Å². The molecule has 36 heavy (non-hydrogen) atoms. The van der Waals surface area contributed by atoms with Crippen LogP contribution in [0, 0.1) is 12.8 Å². The molecule has 0 atom stereocenters. The summed E-state index contributed by atoms with van der Waals surface area (Å²) in [6.45, 7) is 7.57. The number of nitrogens with zero attached hydrogens (tertiary/aromatic N) is 4. The van der Waals surface area contributed by atoms with Gasteiger partial charge in [0.2, 0.25) is 11.9 Å². The number of hydrogen-bond acceptors (Lipinski definition) is 6. The van der Waals surface area contributed by atoms with Gasteiger partial charge in [0.1, 0.15) is 11.5 Å². The SMILES string of the molecule is Cc1cc(SN2CCC(F)(C(C)C)CC2)ccc1Nc1ncc2c(n1)N(C1CCCC1)C(=O)C21CC1. The molecule has 0 bridgehead atoms. The molecule has 0 unspecified atom stereocenters. The minimum atomic E-state index is -1.03. The predicted octanol–water partition coefficient (Wildman–Crippen LogP) is 6.32. The third-order valence-electron chi connectivity index (χ3n) is 8.85. The van der Waals surface area contributed by atoms with Crippen LogP contribution in [-0.2, 0) is 10.2 Å². The van der Waals surface area contributed by atoms with Crippen LogP contribution in [0.15, 0.2) is 29.3 Å². The number of nitrogens with one attached hydrogen (secondary N) is 1. The predicted molar refractivity (Wildman–Crippen MR) is 142 cm³/mol. The number of piperidine rings is 1. The number of anilines is 3. The topological polar surface area (TPSA) is 61.4 Å². The first-order valence-electron chi connectivity index (χ1n) is 13.5. The molecule has 3 heterocycles. The van der Waals surface area contributed by atoms with E-state index in [2.05, 4.69) is 39.7 Å². The van der Waals surface area contributed by atoms with Crippen molar-refractivity contribution in [3.05, 3.63) is 35.5 Å². The number of rotatable bonds is 6. The van der Waals surface area contributed by atoms with E-state index >= 15 is 0 Å². The van der Waals surface area contributed by atoms with Crippen molar-refractivity contribution in [1.29, 1.82) is 0 Å². The number of aromatic nitrogens is 2. The fourth-order valence-electron chi connectivity index (χ4n) is 6.13. The van der Waals surface area contributed by atoms with Crippen LogP contribution in [0.5, 0.6) is 0 Å². The Morgan fingerprint density at radius 3 is 2.50 bits per heavy atom. The van der Waals surface area contributed by atoms with Crippen molar-refractivity contribution in [3.8, 4) is 0 Å². The van der Waals surface area contributed by atoms with E-state index in [-0.39, 0.29) is 23.3 Å². The molecule has 8 heteroatoms. The molecule has 2 saturated carbocycles. The Morgan fingerprint density at radius 2 is 1.86 bits per heavy atom. The number of halogens is 1. The van der Waals surface area contributed by atoms with Crippen LogP contribution in [-0.4, -0.2) is 45.0 Å². The van der Waals surface area contributed by atoms with Gasteiger partial charge >= 0.3 is 0 Å². The number of fused-ring (bicyclic) bond motifs is 2. The van der Waals surface area contributed by atoms with E-state index in [4.69, 9.17) is 4.98 Å². The molecule has 1 aromatic heterocycles. The molecule has 6 nitrogen and oxygen atoms in total. The van der Waals surface area contributed by atoms with Crippen molar-refractivity contribution in [3.63, 3.8) is 0 Å². The fraction of sp³-hybridized carbons (Fsp3) is 0.607. The van der Waals surface area contributed by atoms with Gasteiger partial charge in [-0.3, -0.25) is 9.69 Å². The van der Waals surface area contributed by atoms with Crippen LogP contribution in [0.25, 0.3) is 0 Å². The summed E-state index contributed by atoms with van der Waals surface area (Å²) in [5, 5.41) is 3.40. The number of carbonyl (C=O) groups is 1. The zero-order valence-corrected chi connectivity index (χ0v) is 22.3. The molecule has 2 aromatic rings. The molecule has 2 aliphatic heterocycles. The minimum absolute atomic E-state index is 0.0665. The Kier molecular flexibility index (Phi) is 6.03. The van der Waals surface area contributed by atoms with Gasteiger partial charge in [0.25, 0.3) is 0 Å². The van der Waals surface area contributed by atoms with Crippen LogP contribution < -0.4 is 10.2 Å². The zero-order chi connectivity index (χ0) is 25.1. The summed E-state index contributed by atoms with van der Waals surface area (Å²) in [5.41, 5.74) is 1.69. The Morgan fingerprint density at radius 1 is 1.14 bits per heavy atom. The standard InChI is InChI=1S/C28H36FN5OS/c1-18(2)28(29)12-14-33(15-13-28)36-21-8-9-23(19(3)16-21)31-26-30-17-22-24(32-26)34(20-6-4-5-7-20)25(35)27(22)10-11-27/h8-9,16-18,20H,4-7,10-15H2,1-3H3,(H,30,31,32). The van der Waals surface area contributed by atoms with Crippen molar-refractivity contribution in [2.45, 2.75) is 94.2 Å². The molecule has 1 spiro atoms. The molecule has 1 amide bonds. The Balaban J connectivity index is 1.16. The van der Waals surface area contributed by atoms with Gasteiger partial charge in [0.15, 0.2) is 0 Å². The zero-order valence-electron chi connectivity index (χ0n) is 21.5. The van der Waals surface area contributed by atoms with E-state index < -0.39 is 5.67 Å². The van der Waals surface area contributed by atoms with Gasteiger partial charge in [0.05, 0.1) is 5.41 Å². The maximum atomic E-state index is 14.9. The molecular formula is C28H36FN5OS. The van der Waals surface area contributed by atoms with Gasteiger partial charge < -0.3 is 5.32 Å². The quantitative estimate of drug-likeness (QED) is 0.460. The molecule has 3 fully saturated rings. The largest absolute Gasteiger partial charge is 0.324 e. The van der Waals surface area contributed by atoms with Crippen LogP contribution in [0.4, 0.5) is 21.8 Å². The number of aryl methyl sites for hydroxylation is 1. The minimum Gasteiger partial charge on any atom is -0.324 e. The van der Waals surface area contributed by atoms with Gasteiger partial charge in [-0.05, 0) is 87.1 Å². The summed E-state index contributed by atoms with van der Waals surface area (Å²) < 4.78 is 17.2. The number of carbonyl (C=O) groups excluding carboxylic acids is 1. The summed E-state index contributed by atoms with van der Waals surface area (Å²) >= 11 is 1.71. The van der Waals surface area contributed by atoms with Crippen molar-refractivity contribution >= 4 is 35.3 Å². The lowest BCUT2D eigenvalue weighted by Gasteiger charge is -2.38. The summed E-state index contributed by atoms with van der Waals surface area (Å²) in [5.74, 6) is 1.67. The van der Waals surface area contributed by atoms with Gasteiger partial charge in [-0.15, -0.1) is 0 Å². The van der Waals surface area contributed by atoms with E-state index in [0.717, 1.165) is 66.3 Å². The Bertz CT molecular complexity index is 1170. The smallest absolute Gasteiger partial charge is 0.239 e. The van der Waals surface area contributed by atoms with Crippen molar-refractivity contribution in [1.82, 2.24) is 14.3 Å². The Labute approximate surface area is 217 Å². The van der Waals surface area contributed by atoms with Gasteiger partial charge in [-0.1, -0.05) is 26.7 Å². The second-order valence-corrected chi connectivity index (χ2v) is 12.6. The lowest BCUT2D eigenvalue weighted by molar-refractivity contribution is -0.120. The highest BCUT2D eigenvalue weighted by molar-refractivity contribution is 7.97. The van der Waals surface area contributed by atoms with Crippen molar-refractivity contribution in [2.75, 3.05) is 23.3 Å². The van der Waals surface area contributed by atoms with Crippen LogP contribution in [0.2, 0.25) is 0 Å². The fourth-order valence-corrected chi connectivity index (χ4v) is 7.16. The summed E-state index contributed by atoms with van der Waals surface area (Å²) in [6, 6.07) is 6.59. The van der Waals surface area contributed by atoms with Crippen LogP contribution in [0.1, 0.15) is 76.3 Å². The monoisotopic (exact) mass is 509 g/mol. The van der Waals surface area contributed by atoms with E-state index in [9.17, 15) is 9.18 Å². The van der Waals surface area contributed by atoms with E-state index in [1.54, 1.807) is 11.9 Å². The molecule has 1 aromatic carbocycles. The van der Waals surface area contributed by atoms with E-state index in [0.29, 0.717) is 18.8 Å². The Hall–Kier alpha value is -2.19. The van der Waals surface area contributed by atoms with Gasteiger partial charge in [-0.2, -0.15) is 4.98 Å². The molecule has 4 aliphatic rings. The lowest BCUT2D eigenvalue weighted by Crippen LogP contribution is -2.42. The van der Waals surface area contributed by atoms with E-state index in [1.165, 1.54) is 12.8 Å². The average Bonchev–Trinajstić information content (AvgIpc) is 3.42. The van der Waals surface area contributed by atoms with Crippen molar-refractivity contribution < 1.29 is 9.18 Å².